The molecule has 1 aromatic rings. The molecule has 0 radical (unpaired) electrons. The van der Waals surface area contributed by atoms with Crippen LogP contribution in [0.4, 0.5) is 0 Å². The molecule has 4 heteroatoms. The van der Waals surface area contributed by atoms with E-state index in [1.54, 1.807) is 18.0 Å². The molecule has 0 spiro atoms. The maximum absolute atomic E-state index is 8.94. The Morgan fingerprint density at radius 1 is 1.67 bits per heavy atom. The SMILES string of the molecule is C=C(CO)SC1=CCSc2ncccc21. The lowest BCUT2D eigenvalue weighted by atomic mass is 10.2. The minimum absolute atomic E-state index is 0.0186. The zero-order chi connectivity index (χ0) is 10.7. The second kappa shape index (κ2) is 4.88. The zero-order valence-electron chi connectivity index (χ0n) is 8.14. The molecule has 0 atom stereocenters. The summed E-state index contributed by atoms with van der Waals surface area (Å²) in [6.45, 7) is 3.80. The molecule has 0 fully saturated rings. The van der Waals surface area contributed by atoms with Crippen LogP contribution in [0.5, 0.6) is 0 Å². The molecule has 0 amide bonds. The maximum Gasteiger partial charge on any atom is 0.105 e. The van der Waals surface area contributed by atoms with E-state index in [-0.39, 0.29) is 6.61 Å². The summed E-state index contributed by atoms with van der Waals surface area (Å²) < 4.78 is 0. The van der Waals surface area contributed by atoms with Gasteiger partial charge in [-0.05, 0) is 12.1 Å². The molecule has 0 unspecified atom stereocenters. The Balaban J connectivity index is 2.26. The monoisotopic (exact) mass is 237 g/mol. The Morgan fingerprint density at radius 3 is 3.33 bits per heavy atom. The first-order valence-electron chi connectivity index (χ1n) is 4.56. The summed E-state index contributed by atoms with van der Waals surface area (Å²) in [6, 6.07) is 3.98. The van der Waals surface area contributed by atoms with Crippen molar-refractivity contribution in [2.45, 2.75) is 5.03 Å². The van der Waals surface area contributed by atoms with Crippen LogP contribution in [-0.4, -0.2) is 22.5 Å². The van der Waals surface area contributed by atoms with E-state index in [1.165, 1.54) is 11.8 Å². The number of aliphatic hydroxyl groups is 1. The van der Waals surface area contributed by atoms with Gasteiger partial charge in [-0.1, -0.05) is 24.4 Å². The van der Waals surface area contributed by atoms with Gasteiger partial charge in [-0.2, -0.15) is 0 Å². The van der Waals surface area contributed by atoms with Crippen molar-refractivity contribution in [2.75, 3.05) is 12.4 Å². The van der Waals surface area contributed by atoms with Gasteiger partial charge in [0.2, 0.25) is 0 Å². The third kappa shape index (κ3) is 2.45. The predicted molar refractivity (Wildman–Crippen MR) is 66.8 cm³/mol. The van der Waals surface area contributed by atoms with Crippen molar-refractivity contribution in [3.63, 3.8) is 0 Å². The number of nitrogens with zero attached hydrogens (tertiary/aromatic N) is 1. The zero-order valence-corrected chi connectivity index (χ0v) is 9.77. The topological polar surface area (TPSA) is 33.1 Å². The second-order valence-corrected chi connectivity index (χ2v) is 5.26. The van der Waals surface area contributed by atoms with E-state index in [4.69, 9.17) is 5.11 Å². The van der Waals surface area contributed by atoms with Gasteiger partial charge in [0, 0.05) is 27.3 Å². The first-order valence-corrected chi connectivity index (χ1v) is 6.36. The summed E-state index contributed by atoms with van der Waals surface area (Å²) in [6.07, 6.45) is 3.96. The summed E-state index contributed by atoms with van der Waals surface area (Å²) in [5.74, 6) is 0.936. The van der Waals surface area contributed by atoms with Crippen LogP contribution in [-0.2, 0) is 0 Å². The average Bonchev–Trinajstić information content (AvgIpc) is 2.29. The maximum atomic E-state index is 8.94. The van der Waals surface area contributed by atoms with E-state index in [1.807, 2.05) is 6.07 Å². The molecule has 0 aromatic carbocycles. The number of hydrogen-bond acceptors (Lipinski definition) is 4. The number of hydrogen-bond donors (Lipinski definition) is 1. The van der Waals surface area contributed by atoms with E-state index in [2.05, 4.69) is 23.7 Å². The largest absolute Gasteiger partial charge is 0.391 e. The molecule has 0 saturated heterocycles. The van der Waals surface area contributed by atoms with Crippen molar-refractivity contribution < 1.29 is 5.11 Å². The van der Waals surface area contributed by atoms with Gasteiger partial charge >= 0.3 is 0 Å². The fraction of sp³-hybridized carbons (Fsp3) is 0.182. The molecule has 15 heavy (non-hydrogen) atoms. The highest BCUT2D eigenvalue weighted by Crippen LogP contribution is 2.40. The molecule has 78 valence electrons. The van der Waals surface area contributed by atoms with Gasteiger partial charge in [0.1, 0.15) is 5.03 Å². The first kappa shape index (κ1) is 10.8. The van der Waals surface area contributed by atoms with Crippen molar-refractivity contribution in [3.8, 4) is 0 Å². The summed E-state index contributed by atoms with van der Waals surface area (Å²) in [5.41, 5.74) is 1.15. The minimum atomic E-state index is 0.0186. The molecule has 2 nitrogen and oxygen atoms in total. The van der Waals surface area contributed by atoms with Crippen LogP contribution in [0.15, 0.2) is 40.9 Å². The highest BCUT2D eigenvalue weighted by atomic mass is 32.2. The molecule has 0 saturated carbocycles. The van der Waals surface area contributed by atoms with E-state index in [9.17, 15) is 0 Å². The van der Waals surface area contributed by atoms with Gasteiger partial charge < -0.3 is 5.11 Å². The van der Waals surface area contributed by atoms with E-state index < -0.39 is 0 Å². The lowest BCUT2D eigenvalue weighted by Crippen LogP contribution is -1.96. The molecule has 1 aliphatic rings. The summed E-state index contributed by atoms with van der Waals surface area (Å²) >= 11 is 3.26. The van der Waals surface area contributed by atoms with E-state index in [0.29, 0.717) is 0 Å². The van der Waals surface area contributed by atoms with Gasteiger partial charge in [-0.25, -0.2) is 4.98 Å². The molecule has 1 aliphatic heterocycles. The fourth-order valence-electron chi connectivity index (χ4n) is 1.28. The molecular weight excluding hydrogens is 226 g/mol. The Labute approximate surface area is 97.5 Å². The van der Waals surface area contributed by atoms with Gasteiger partial charge in [0.25, 0.3) is 0 Å². The fourth-order valence-corrected chi connectivity index (χ4v) is 3.15. The molecular formula is C11H11NOS2. The number of thioether (sulfide) groups is 2. The van der Waals surface area contributed by atoms with Crippen LogP contribution in [0, 0.1) is 0 Å². The van der Waals surface area contributed by atoms with Gasteiger partial charge in [0.05, 0.1) is 6.61 Å². The Morgan fingerprint density at radius 2 is 2.53 bits per heavy atom. The van der Waals surface area contributed by atoms with Crippen LogP contribution in [0.2, 0.25) is 0 Å². The number of aliphatic hydroxyl groups excluding tert-OH is 1. The predicted octanol–water partition coefficient (Wildman–Crippen LogP) is 2.77. The summed E-state index contributed by atoms with van der Waals surface area (Å²) in [7, 11) is 0. The third-order valence-corrected chi connectivity index (χ3v) is 3.91. The quantitative estimate of drug-likeness (QED) is 0.876. The number of fused-ring (bicyclic) bond motifs is 1. The highest BCUT2D eigenvalue weighted by molar-refractivity contribution is 8.12. The summed E-state index contributed by atoms with van der Waals surface area (Å²) in [5, 5.41) is 10.0. The van der Waals surface area contributed by atoms with Crippen molar-refractivity contribution in [2.24, 2.45) is 0 Å². The van der Waals surface area contributed by atoms with Crippen molar-refractivity contribution >= 4 is 28.4 Å². The van der Waals surface area contributed by atoms with Crippen LogP contribution in [0.3, 0.4) is 0 Å². The lowest BCUT2D eigenvalue weighted by Gasteiger charge is -2.15. The van der Waals surface area contributed by atoms with Crippen molar-refractivity contribution in [1.29, 1.82) is 0 Å². The highest BCUT2D eigenvalue weighted by Gasteiger charge is 2.14. The first-order chi connectivity index (χ1) is 7.31. The minimum Gasteiger partial charge on any atom is -0.391 e. The van der Waals surface area contributed by atoms with Crippen molar-refractivity contribution in [3.05, 3.63) is 41.5 Å². The second-order valence-electron chi connectivity index (χ2n) is 3.03. The molecule has 0 aliphatic carbocycles. The normalized spacial score (nSPS) is 14.3. The number of aromatic nitrogens is 1. The summed E-state index contributed by atoms with van der Waals surface area (Å²) in [4.78, 5) is 6.23. The van der Waals surface area contributed by atoms with Gasteiger partial charge in [-0.15, -0.1) is 11.8 Å². The molecule has 2 rings (SSSR count). The van der Waals surface area contributed by atoms with E-state index >= 15 is 0 Å². The molecule has 0 bridgehead atoms. The lowest BCUT2D eigenvalue weighted by molar-refractivity contribution is 0.340. The smallest absolute Gasteiger partial charge is 0.105 e. The molecule has 2 heterocycles. The Kier molecular flexibility index (Phi) is 3.51. The Bertz CT molecular complexity index is 415. The average molecular weight is 237 g/mol. The van der Waals surface area contributed by atoms with Gasteiger partial charge in [-0.3, -0.25) is 0 Å². The standard InChI is InChI=1S/C11H11NOS2/c1-8(7-13)15-10-4-6-14-11-9(10)3-2-5-12-11/h2-5,13H,1,6-7H2. The van der Waals surface area contributed by atoms with Gasteiger partial charge in [0.15, 0.2) is 0 Å². The van der Waals surface area contributed by atoms with E-state index in [0.717, 1.165) is 26.2 Å². The van der Waals surface area contributed by atoms with Crippen LogP contribution < -0.4 is 0 Å². The molecule has 1 aromatic heterocycles. The number of rotatable bonds is 3. The number of pyridine rings is 1. The van der Waals surface area contributed by atoms with Crippen LogP contribution in [0.1, 0.15) is 5.56 Å². The molecule has 1 N–H and O–H groups in total. The van der Waals surface area contributed by atoms with Crippen LogP contribution in [0.25, 0.3) is 4.91 Å². The Hall–Kier alpha value is -0.710. The van der Waals surface area contributed by atoms with Crippen molar-refractivity contribution in [1.82, 2.24) is 4.98 Å². The third-order valence-electron chi connectivity index (χ3n) is 1.96. The van der Waals surface area contributed by atoms with Crippen LogP contribution >= 0.6 is 23.5 Å².